The number of rotatable bonds is 6. The highest BCUT2D eigenvalue weighted by Gasteiger charge is 2.41. The lowest BCUT2D eigenvalue weighted by Crippen LogP contribution is -2.38. The predicted octanol–water partition coefficient (Wildman–Crippen LogP) is 3.72. The van der Waals surface area contributed by atoms with Gasteiger partial charge in [0.1, 0.15) is 5.82 Å². The summed E-state index contributed by atoms with van der Waals surface area (Å²) >= 11 is 6.16. The van der Waals surface area contributed by atoms with E-state index in [1.807, 2.05) is 18.2 Å². The Labute approximate surface area is 163 Å². The molecule has 7 heteroatoms. The fourth-order valence-corrected chi connectivity index (χ4v) is 3.39. The van der Waals surface area contributed by atoms with Gasteiger partial charge in [-0.2, -0.15) is 0 Å². The molecular formula is C20H23ClFN3O2. The number of guanidine groups is 1. The highest BCUT2D eigenvalue weighted by atomic mass is 35.5. The Morgan fingerprint density at radius 2 is 2.00 bits per heavy atom. The normalized spacial score (nSPS) is 18.8. The summed E-state index contributed by atoms with van der Waals surface area (Å²) in [6, 6.07) is 10.6. The molecule has 2 N–H and O–H groups in total. The third kappa shape index (κ3) is 4.45. The van der Waals surface area contributed by atoms with Crippen molar-refractivity contribution >= 4 is 17.6 Å². The molecule has 0 amide bonds. The molecule has 1 aliphatic rings. The first kappa shape index (κ1) is 19.3. The van der Waals surface area contributed by atoms with Crippen LogP contribution < -0.4 is 20.1 Å². The minimum Gasteiger partial charge on any atom is -0.493 e. The number of hydrogen-bond donors (Lipinski definition) is 2. The lowest BCUT2D eigenvalue weighted by Gasteiger charge is -2.14. The van der Waals surface area contributed by atoms with Gasteiger partial charge in [-0.05, 0) is 36.2 Å². The van der Waals surface area contributed by atoms with Crippen molar-refractivity contribution in [3.8, 4) is 11.5 Å². The highest BCUT2D eigenvalue weighted by Crippen LogP contribution is 2.44. The number of ether oxygens (including phenoxy) is 2. The Hall–Kier alpha value is -2.47. The van der Waals surface area contributed by atoms with Crippen molar-refractivity contribution in [2.45, 2.75) is 24.9 Å². The van der Waals surface area contributed by atoms with Crippen LogP contribution in [0.3, 0.4) is 0 Å². The van der Waals surface area contributed by atoms with Gasteiger partial charge in [0, 0.05) is 36.1 Å². The van der Waals surface area contributed by atoms with E-state index < -0.39 is 0 Å². The number of benzene rings is 2. The molecule has 2 atom stereocenters. The number of aliphatic imine (C=N–C) groups is 1. The second kappa shape index (κ2) is 8.48. The van der Waals surface area contributed by atoms with E-state index in [0.717, 1.165) is 12.0 Å². The molecule has 2 unspecified atom stereocenters. The van der Waals surface area contributed by atoms with E-state index in [2.05, 4.69) is 15.6 Å². The van der Waals surface area contributed by atoms with Crippen LogP contribution in [0.4, 0.5) is 4.39 Å². The van der Waals surface area contributed by atoms with Crippen LogP contribution in [-0.4, -0.2) is 33.3 Å². The van der Waals surface area contributed by atoms with Gasteiger partial charge in [0.05, 0.1) is 14.2 Å². The average molecular weight is 392 g/mol. The van der Waals surface area contributed by atoms with Crippen molar-refractivity contribution in [2.75, 3.05) is 21.3 Å². The van der Waals surface area contributed by atoms with E-state index in [-0.39, 0.29) is 17.8 Å². The number of hydrogen-bond acceptors (Lipinski definition) is 3. The molecule has 0 radical (unpaired) electrons. The molecule has 2 aromatic rings. The van der Waals surface area contributed by atoms with Crippen LogP contribution in [-0.2, 0) is 6.54 Å². The van der Waals surface area contributed by atoms with Crippen molar-refractivity contribution in [3.63, 3.8) is 0 Å². The molecule has 0 aliphatic heterocycles. The smallest absolute Gasteiger partial charge is 0.191 e. The summed E-state index contributed by atoms with van der Waals surface area (Å²) in [5, 5.41) is 7.06. The monoisotopic (exact) mass is 391 g/mol. The molecule has 27 heavy (non-hydrogen) atoms. The molecule has 1 aliphatic carbocycles. The van der Waals surface area contributed by atoms with Gasteiger partial charge in [-0.3, -0.25) is 4.99 Å². The Balaban J connectivity index is 1.58. The van der Waals surface area contributed by atoms with E-state index in [0.29, 0.717) is 34.6 Å². The van der Waals surface area contributed by atoms with Crippen molar-refractivity contribution in [1.29, 1.82) is 0 Å². The largest absolute Gasteiger partial charge is 0.493 e. The zero-order valence-electron chi connectivity index (χ0n) is 15.6. The molecule has 5 nitrogen and oxygen atoms in total. The first-order valence-electron chi connectivity index (χ1n) is 8.69. The van der Waals surface area contributed by atoms with Crippen LogP contribution in [0.5, 0.6) is 11.5 Å². The third-order valence-electron chi connectivity index (χ3n) is 4.61. The fraction of sp³-hybridized carbons (Fsp3) is 0.350. The quantitative estimate of drug-likeness (QED) is 0.582. The summed E-state index contributed by atoms with van der Waals surface area (Å²) in [5.74, 6) is 1.82. The molecule has 0 saturated heterocycles. The molecule has 3 rings (SSSR count). The van der Waals surface area contributed by atoms with Crippen LogP contribution in [0.2, 0.25) is 5.02 Å². The summed E-state index contributed by atoms with van der Waals surface area (Å²) in [5.41, 5.74) is 1.60. The lowest BCUT2D eigenvalue weighted by atomic mass is 10.1. The number of methoxy groups -OCH3 is 2. The molecular weight excluding hydrogens is 369 g/mol. The van der Waals surface area contributed by atoms with Gasteiger partial charge in [-0.25, -0.2) is 4.39 Å². The van der Waals surface area contributed by atoms with E-state index in [4.69, 9.17) is 21.1 Å². The zero-order valence-corrected chi connectivity index (χ0v) is 16.3. The highest BCUT2D eigenvalue weighted by molar-refractivity contribution is 6.31. The molecule has 1 fully saturated rings. The molecule has 0 bridgehead atoms. The molecule has 0 spiro atoms. The Kier molecular flexibility index (Phi) is 6.06. The topological polar surface area (TPSA) is 54.9 Å². The number of nitrogens with zero attached hydrogens (tertiary/aromatic N) is 1. The zero-order chi connectivity index (χ0) is 19.4. The molecule has 1 saturated carbocycles. The second-order valence-electron chi connectivity index (χ2n) is 6.34. The summed E-state index contributed by atoms with van der Waals surface area (Å²) in [6.07, 6.45) is 0.817. The maximum Gasteiger partial charge on any atom is 0.191 e. The van der Waals surface area contributed by atoms with Gasteiger partial charge in [0.25, 0.3) is 0 Å². The van der Waals surface area contributed by atoms with Crippen LogP contribution in [0, 0.1) is 5.82 Å². The van der Waals surface area contributed by atoms with Gasteiger partial charge in [-0.15, -0.1) is 0 Å². The first-order chi connectivity index (χ1) is 13.1. The Morgan fingerprint density at radius 3 is 2.67 bits per heavy atom. The minimum absolute atomic E-state index is 0.0540. The van der Waals surface area contributed by atoms with Gasteiger partial charge in [-0.1, -0.05) is 23.7 Å². The van der Waals surface area contributed by atoms with Crippen LogP contribution in [0.25, 0.3) is 0 Å². The van der Waals surface area contributed by atoms with Gasteiger partial charge < -0.3 is 20.1 Å². The number of nitrogens with one attached hydrogen (secondary N) is 2. The fourth-order valence-electron chi connectivity index (χ4n) is 3.09. The van der Waals surface area contributed by atoms with Gasteiger partial charge in [0.2, 0.25) is 0 Å². The van der Waals surface area contributed by atoms with E-state index in [9.17, 15) is 4.39 Å². The number of halogens is 2. The second-order valence-corrected chi connectivity index (χ2v) is 6.75. The summed E-state index contributed by atoms with van der Waals surface area (Å²) in [4.78, 5) is 4.24. The van der Waals surface area contributed by atoms with Gasteiger partial charge in [0.15, 0.2) is 17.5 Å². The predicted molar refractivity (Wildman–Crippen MR) is 105 cm³/mol. The van der Waals surface area contributed by atoms with E-state index >= 15 is 0 Å². The molecule has 144 valence electrons. The summed E-state index contributed by atoms with van der Waals surface area (Å²) in [6.45, 7) is 0.567. The molecule has 0 aromatic heterocycles. The van der Waals surface area contributed by atoms with Crippen LogP contribution in [0.1, 0.15) is 23.5 Å². The summed E-state index contributed by atoms with van der Waals surface area (Å²) < 4.78 is 24.6. The van der Waals surface area contributed by atoms with Crippen LogP contribution in [0.15, 0.2) is 41.4 Å². The summed E-state index contributed by atoms with van der Waals surface area (Å²) in [7, 11) is 4.92. The Bertz CT molecular complexity index is 824. The minimum atomic E-state index is -0.259. The van der Waals surface area contributed by atoms with Crippen molar-refractivity contribution in [2.24, 2.45) is 4.99 Å². The standard InChI is InChI=1S/C20H23ClFN3O2/c1-23-20(24-11-12-7-8-17(26-2)18(9-12)27-3)25-16-10-13(16)19-14(21)5-4-6-15(19)22/h4-9,13,16H,10-11H2,1-3H3,(H2,23,24,25). The van der Waals surface area contributed by atoms with Crippen molar-refractivity contribution in [1.82, 2.24) is 10.6 Å². The SMILES string of the molecule is CN=C(NCc1ccc(OC)c(OC)c1)NC1CC1c1c(F)cccc1Cl. The molecule has 0 heterocycles. The van der Waals surface area contributed by atoms with E-state index in [1.54, 1.807) is 33.4 Å². The van der Waals surface area contributed by atoms with Gasteiger partial charge >= 0.3 is 0 Å². The van der Waals surface area contributed by atoms with E-state index in [1.165, 1.54) is 6.07 Å². The van der Waals surface area contributed by atoms with Crippen molar-refractivity contribution in [3.05, 3.63) is 58.4 Å². The third-order valence-corrected chi connectivity index (χ3v) is 4.94. The molecule has 2 aromatic carbocycles. The maximum atomic E-state index is 14.1. The average Bonchev–Trinajstić information content (AvgIpc) is 3.43. The maximum absolute atomic E-state index is 14.1. The van der Waals surface area contributed by atoms with Crippen LogP contribution >= 0.6 is 11.6 Å². The first-order valence-corrected chi connectivity index (χ1v) is 9.07. The van der Waals surface area contributed by atoms with Crippen molar-refractivity contribution < 1.29 is 13.9 Å². The lowest BCUT2D eigenvalue weighted by molar-refractivity contribution is 0.354. The Morgan fingerprint density at radius 1 is 1.22 bits per heavy atom.